The Hall–Kier alpha value is -2.68. The van der Waals surface area contributed by atoms with Crippen molar-refractivity contribution in [3.8, 4) is 6.07 Å². The highest BCUT2D eigenvalue weighted by atomic mass is 16.1. The van der Waals surface area contributed by atoms with Gasteiger partial charge in [0.05, 0.1) is 6.07 Å². The molecule has 1 heterocycles. The average molecular weight is 283 g/mol. The quantitative estimate of drug-likeness (QED) is 0.875. The molecule has 1 atom stereocenters. The molecule has 0 aliphatic rings. The minimum Gasteiger partial charge on any atom is -0.337 e. The molecule has 2 aromatic rings. The van der Waals surface area contributed by atoms with E-state index in [9.17, 15) is 10.1 Å². The van der Waals surface area contributed by atoms with Crippen molar-refractivity contribution < 1.29 is 4.79 Å². The molecule has 0 saturated heterocycles. The average Bonchev–Trinajstić information content (AvgIpc) is 2.99. The first-order valence-corrected chi connectivity index (χ1v) is 6.77. The summed E-state index contributed by atoms with van der Waals surface area (Å²) in [6.45, 7) is 2.56. The Bertz CT molecular complexity index is 630. The van der Waals surface area contributed by atoms with Crippen LogP contribution in [-0.2, 0) is 11.3 Å². The minimum atomic E-state index is -0.606. The molecule has 0 aliphatic heterocycles. The molecule has 1 N–H and O–H groups in total. The number of hydrogen-bond acceptors (Lipinski definition) is 4. The Balaban J connectivity index is 1.86. The number of hydrogen-bond donors (Lipinski definition) is 1. The largest absolute Gasteiger partial charge is 0.337 e. The standard InChI is InChI=1S/C15H17N5O/c1-12-5-2-3-6-13(12)14(9-16)19-15(21)7-4-8-20-11-17-10-18-20/h2-3,5-6,10-11,14H,4,7-8H2,1H3,(H,19,21). The van der Waals surface area contributed by atoms with Gasteiger partial charge >= 0.3 is 0 Å². The predicted octanol–water partition coefficient (Wildman–Crippen LogP) is 1.75. The van der Waals surface area contributed by atoms with Crippen molar-refractivity contribution in [2.24, 2.45) is 0 Å². The molecule has 6 nitrogen and oxygen atoms in total. The Labute approximate surface area is 123 Å². The number of carbonyl (C=O) groups is 1. The van der Waals surface area contributed by atoms with Crippen molar-refractivity contribution in [2.75, 3.05) is 0 Å². The van der Waals surface area contributed by atoms with Crippen LogP contribution in [0.1, 0.15) is 30.0 Å². The number of aryl methyl sites for hydroxylation is 2. The van der Waals surface area contributed by atoms with Crippen LogP contribution >= 0.6 is 0 Å². The van der Waals surface area contributed by atoms with Crippen LogP contribution in [0.15, 0.2) is 36.9 Å². The van der Waals surface area contributed by atoms with Gasteiger partial charge in [-0.05, 0) is 24.5 Å². The molecule has 1 unspecified atom stereocenters. The van der Waals surface area contributed by atoms with E-state index in [2.05, 4.69) is 21.5 Å². The Kier molecular flexibility index (Phi) is 5.04. The highest BCUT2D eigenvalue weighted by Crippen LogP contribution is 2.16. The summed E-state index contributed by atoms with van der Waals surface area (Å²) < 4.78 is 1.68. The third-order valence-corrected chi connectivity index (χ3v) is 3.19. The Morgan fingerprint density at radius 2 is 2.29 bits per heavy atom. The van der Waals surface area contributed by atoms with E-state index in [0.717, 1.165) is 11.1 Å². The summed E-state index contributed by atoms with van der Waals surface area (Å²) in [4.78, 5) is 15.8. The van der Waals surface area contributed by atoms with E-state index >= 15 is 0 Å². The third kappa shape index (κ3) is 4.14. The fourth-order valence-electron chi connectivity index (χ4n) is 2.07. The van der Waals surface area contributed by atoms with E-state index in [1.807, 2.05) is 31.2 Å². The van der Waals surface area contributed by atoms with E-state index < -0.39 is 6.04 Å². The fraction of sp³-hybridized carbons (Fsp3) is 0.333. The van der Waals surface area contributed by atoms with Crippen molar-refractivity contribution in [1.29, 1.82) is 5.26 Å². The van der Waals surface area contributed by atoms with Gasteiger partial charge in [-0.2, -0.15) is 10.4 Å². The van der Waals surface area contributed by atoms with Gasteiger partial charge in [0.25, 0.3) is 0 Å². The number of nitriles is 1. The molecule has 0 radical (unpaired) electrons. The van der Waals surface area contributed by atoms with Gasteiger partial charge in [0, 0.05) is 13.0 Å². The first kappa shape index (κ1) is 14.7. The summed E-state index contributed by atoms with van der Waals surface area (Å²) in [5, 5.41) is 16.0. The second-order valence-electron chi connectivity index (χ2n) is 4.75. The topological polar surface area (TPSA) is 83.6 Å². The predicted molar refractivity (Wildman–Crippen MR) is 76.9 cm³/mol. The number of benzene rings is 1. The zero-order valence-electron chi connectivity index (χ0n) is 11.9. The first-order valence-electron chi connectivity index (χ1n) is 6.77. The van der Waals surface area contributed by atoms with Gasteiger partial charge in [-0.15, -0.1) is 0 Å². The molecule has 2 rings (SSSR count). The molecule has 0 saturated carbocycles. The summed E-state index contributed by atoms with van der Waals surface area (Å²) >= 11 is 0. The maximum absolute atomic E-state index is 11.9. The van der Waals surface area contributed by atoms with Crippen LogP contribution in [0.3, 0.4) is 0 Å². The second kappa shape index (κ2) is 7.20. The lowest BCUT2D eigenvalue weighted by atomic mass is 10.0. The van der Waals surface area contributed by atoms with E-state index in [-0.39, 0.29) is 5.91 Å². The molecule has 1 amide bonds. The van der Waals surface area contributed by atoms with Crippen LogP contribution in [0.25, 0.3) is 0 Å². The van der Waals surface area contributed by atoms with Crippen LogP contribution in [0.4, 0.5) is 0 Å². The van der Waals surface area contributed by atoms with E-state index in [4.69, 9.17) is 0 Å². The van der Waals surface area contributed by atoms with Crippen molar-refractivity contribution in [2.45, 2.75) is 32.4 Å². The van der Waals surface area contributed by atoms with Gasteiger partial charge in [-0.1, -0.05) is 24.3 Å². The number of aromatic nitrogens is 3. The summed E-state index contributed by atoms with van der Waals surface area (Å²) in [6, 6.07) is 9.09. The molecule has 0 fully saturated rings. The molecule has 21 heavy (non-hydrogen) atoms. The van der Waals surface area contributed by atoms with Crippen LogP contribution in [0.2, 0.25) is 0 Å². The van der Waals surface area contributed by atoms with Crippen molar-refractivity contribution in [3.05, 3.63) is 48.0 Å². The number of rotatable bonds is 6. The lowest BCUT2D eigenvalue weighted by Gasteiger charge is -2.14. The molecular weight excluding hydrogens is 266 g/mol. The van der Waals surface area contributed by atoms with Crippen molar-refractivity contribution in [3.63, 3.8) is 0 Å². The van der Waals surface area contributed by atoms with E-state index in [1.165, 1.54) is 6.33 Å². The highest BCUT2D eigenvalue weighted by molar-refractivity contribution is 5.76. The molecule has 108 valence electrons. The van der Waals surface area contributed by atoms with Gasteiger partial charge in [-0.3, -0.25) is 9.48 Å². The minimum absolute atomic E-state index is 0.134. The third-order valence-electron chi connectivity index (χ3n) is 3.19. The number of carbonyl (C=O) groups excluding carboxylic acids is 1. The molecule has 0 bridgehead atoms. The monoisotopic (exact) mass is 283 g/mol. The van der Waals surface area contributed by atoms with E-state index in [1.54, 1.807) is 11.0 Å². The number of amides is 1. The van der Waals surface area contributed by atoms with Gasteiger partial charge in [0.1, 0.15) is 18.7 Å². The molecule has 1 aromatic heterocycles. The zero-order valence-corrected chi connectivity index (χ0v) is 11.9. The molecule has 0 aliphatic carbocycles. The fourth-order valence-corrected chi connectivity index (χ4v) is 2.07. The molecule has 1 aromatic carbocycles. The zero-order chi connectivity index (χ0) is 15.1. The lowest BCUT2D eigenvalue weighted by Crippen LogP contribution is -2.28. The van der Waals surface area contributed by atoms with Crippen molar-refractivity contribution in [1.82, 2.24) is 20.1 Å². The number of nitrogens with one attached hydrogen (secondary N) is 1. The number of nitrogens with zero attached hydrogens (tertiary/aromatic N) is 4. The molecular formula is C15H17N5O. The van der Waals surface area contributed by atoms with Crippen LogP contribution in [-0.4, -0.2) is 20.7 Å². The summed E-state index contributed by atoms with van der Waals surface area (Å²) in [6.07, 6.45) is 4.08. The van der Waals surface area contributed by atoms with Gasteiger partial charge in [0.15, 0.2) is 0 Å². The van der Waals surface area contributed by atoms with Crippen LogP contribution < -0.4 is 5.32 Å². The van der Waals surface area contributed by atoms with Crippen LogP contribution in [0.5, 0.6) is 0 Å². The van der Waals surface area contributed by atoms with Gasteiger partial charge in [-0.25, -0.2) is 4.98 Å². The summed E-state index contributed by atoms with van der Waals surface area (Å²) in [7, 11) is 0. The summed E-state index contributed by atoms with van der Waals surface area (Å²) in [5.74, 6) is -0.134. The Morgan fingerprint density at radius 1 is 1.48 bits per heavy atom. The maximum Gasteiger partial charge on any atom is 0.221 e. The van der Waals surface area contributed by atoms with Crippen molar-refractivity contribution >= 4 is 5.91 Å². The SMILES string of the molecule is Cc1ccccc1C(C#N)NC(=O)CCCn1cncn1. The van der Waals surface area contributed by atoms with E-state index in [0.29, 0.717) is 19.4 Å². The van der Waals surface area contributed by atoms with Gasteiger partial charge < -0.3 is 5.32 Å². The Morgan fingerprint density at radius 3 is 2.95 bits per heavy atom. The molecule has 6 heteroatoms. The lowest BCUT2D eigenvalue weighted by molar-refractivity contribution is -0.121. The first-order chi connectivity index (χ1) is 10.2. The smallest absolute Gasteiger partial charge is 0.221 e. The van der Waals surface area contributed by atoms with Crippen LogP contribution in [0, 0.1) is 18.3 Å². The summed E-state index contributed by atoms with van der Waals surface area (Å²) in [5.41, 5.74) is 1.83. The second-order valence-corrected chi connectivity index (χ2v) is 4.75. The maximum atomic E-state index is 11.9. The molecule has 0 spiro atoms. The normalized spacial score (nSPS) is 11.6. The van der Waals surface area contributed by atoms with Gasteiger partial charge in [0.2, 0.25) is 5.91 Å². The highest BCUT2D eigenvalue weighted by Gasteiger charge is 2.15.